The molecule has 2 aliphatic heterocycles. The normalized spacial score (nSPS) is 28.6. The number of hydrogen-bond donors (Lipinski definition) is 1. The summed E-state index contributed by atoms with van der Waals surface area (Å²) in [6.45, 7) is 3.72. The van der Waals surface area contributed by atoms with Gasteiger partial charge in [-0.1, -0.05) is 0 Å². The van der Waals surface area contributed by atoms with E-state index in [1.54, 1.807) is 4.90 Å². The lowest BCUT2D eigenvalue weighted by Crippen LogP contribution is -2.51. The molecule has 0 aromatic carbocycles. The highest BCUT2D eigenvalue weighted by atomic mass is 16.3. The third-order valence-corrected chi connectivity index (χ3v) is 4.31. The third-order valence-electron chi connectivity index (χ3n) is 4.31. The zero-order chi connectivity index (χ0) is 13.8. The predicted molar refractivity (Wildman–Crippen MR) is 71.4 cm³/mol. The molecule has 0 aliphatic carbocycles. The van der Waals surface area contributed by atoms with Crippen molar-refractivity contribution in [3.8, 4) is 0 Å². The van der Waals surface area contributed by atoms with Crippen molar-refractivity contribution in [1.82, 2.24) is 9.80 Å². The molecule has 5 heteroatoms. The number of aliphatic hydroxyl groups excluding tert-OH is 1. The van der Waals surface area contributed by atoms with Gasteiger partial charge in [0.2, 0.25) is 11.8 Å². The van der Waals surface area contributed by atoms with Crippen LogP contribution in [-0.4, -0.2) is 59.0 Å². The molecule has 2 heterocycles. The molecule has 0 saturated carbocycles. The van der Waals surface area contributed by atoms with E-state index in [9.17, 15) is 14.7 Å². The molecule has 0 aromatic rings. The van der Waals surface area contributed by atoms with Gasteiger partial charge in [0.25, 0.3) is 0 Å². The van der Waals surface area contributed by atoms with Gasteiger partial charge in [0.15, 0.2) is 0 Å². The number of aliphatic hydroxyl groups is 1. The third kappa shape index (κ3) is 3.47. The van der Waals surface area contributed by atoms with Gasteiger partial charge in [-0.05, 0) is 38.5 Å². The maximum Gasteiger partial charge on any atom is 0.242 e. The van der Waals surface area contributed by atoms with Crippen LogP contribution in [0, 0.1) is 5.92 Å². The molecule has 1 N–H and O–H groups in total. The summed E-state index contributed by atoms with van der Waals surface area (Å²) in [4.78, 5) is 27.6. The van der Waals surface area contributed by atoms with Crippen LogP contribution in [0.1, 0.15) is 39.0 Å². The number of hydrogen-bond acceptors (Lipinski definition) is 3. The Morgan fingerprint density at radius 2 is 2.16 bits per heavy atom. The minimum atomic E-state index is 0.0286. The van der Waals surface area contributed by atoms with E-state index in [4.69, 9.17) is 0 Å². The van der Waals surface area contributed by atoms with Gasteiger partial charge in [0.1, 0.15) is 0 Å². The Balaban J connectivity index is 1.92. The summed E-state index contributed by atoms with van der Waals surface area (Å²) in [5, 5.41) is 9.24. The summed E-state index contributed by atoms with van der Waals surface area (Å²) >= 11 is 0. The van der Waals surface area contributed by atoms with Crippen LogP contribution in [0.25, 0.3) is 0 Å². The van der Waals surface area contributed by atoms with Crippen LogP contribution in [0.3, 0.4) is 0 Å². The molecule has 2 amide bonds. The van der Waals surface area contributed by atoms with Gasteiger partial charge in [-0.3, -0.25) is 9.59 Å². The zero-order valence-electron chi connectivity index (χ0n) is 11.7. The highest BCUT2D eigenvalue weighted by Crippen LogP contribution is 2.22. The average Bonchev–Trinajstić information content (AvgIpc) is 2.42. The monoisotopic (exact) mass is 268 g/mol. The summed E-state index contributed by atoms with van der Waals surface area (Å²) in [5.74, 6) is 0.320. The lowest BCUT2D eigenvalue weighted by atomic mass is 9.94. The van der Waals surface area contributed by atoms with E-state index >= 15 is 0 Å². The summed E-state index contributed by atoms with van der Waals surface area (Å²) in [7, 11) is 0. The maximum atomic E-state index is 12.3. The van der Waals surface area contributed by atoms with Crippen molar-refractivity contribution < 1.29 is 14.7 Å². The second-order valence-corrected chi connectivity index (χ2v) is 5.79. The molecule has 2 fully saturated rings. The minimum absolute atomic E-state index is 0.0286. The smallest absolute Gasteiger partial charge is 0.242 e. The molecule has 2 rings (SSSR count). The number of carbonyl (C=O) groups is 2. The molecule has 108 valence electrons. The molecule has 0 aromatic heterocycles. The van der Waals surface area contributed by atoms with E-state index in [1.807, 2.05) is 11.8 Å². The molecule has 2 aliphatic rings. The van der Waals surface area contributed by atoms with Gasteiger partial charge in [-0.15, -0.1) is 0 Å². The molecule has 5 nitrogen and oxygen atoms in total. The molecular formula is C14H24N2O3. The summed E-state index contributed by atoms with van der Waals surface area (Å²) in [6, 6.07) is 0.218. The highest BCUT2D eigenvalue weighted by molar-refractivity contribution is 5.85. The molecule has 2 atom stereocenters. The van der Waals surface area contributed by atoms with Crippen molar-refractivity contribution in [3.63, 3.8) is 0 Å². The second kappa shape index (κ2) is 6.37. The first-order chi connectivity index (χ1) is 9.11. The second-order valence-electron chi connectivity index (χ2n) is 5.79. The Hall–Kier alpha value is -1.10. The molecular weight excluding hydrogens is 244 g/mol. The number of piperidine rings is 2. The van der Waals surface area contributed by atoms with Crippen LogP contribution in [0.5, 0.6) is 0 Å². The Labute approximate surface area is 114 Å². The van der Waals surface area contributed by atoms with Crippen LogP contribution >= 0.6 is 0 Å². The molecule has 0 radical (unpaired) electrons. The highest BCUT2D eigenvalue weighted by Gasteiger charge is 2.30. The number of nitrogens with zero attached hydrogens (tertiary/aromatic N) is 2. The van der Waals surface area contributed by atoms with E-state index in [1.165, 1.54) is 0 Å². The molecule has 19 heavy (non-hydrogen) atoms. The van der Waals surface area contributed by atoms with E-state index in [-0.39, 0.29) is 36.9 Å². The van der Waals surface area contributed by atoms with Gasteiger partial charge in [0.05, 0.1) is 6.54 Å². The summed E-state index contributed by atoms with van der Waals surface area (Å²) in [5.41, 5.74) is 0. The molecule has 2 unspecified atom stereocenters. The van der Waals surface area contributed by atoms with Crippen molar-refractivity contribution in [1.29, 1.82) is 0 Å². The van der Waals surface area contributed by atoms with Crippen molar-refractivity contribution >= 4 is 11.8 Å². The Morgan fingerprint density at radius 3 is 2.84 bits per heavy atom. The van der Waals surface area contributed by atoms with Crippen LogP contribution < -0.4 is 0 Å². The largest absolute Gasteiger partial charge is 0.396 e. The molecule has 0 bridgehead atoms. The van der Waals surface area contributed by atoms with E-state index in [0.29, 0.717) is 19.5 Å². The quantitative estimate of drug-likeness (QED) is 0.816. The Kier molecular flexibility index (Phi) is 4.80. The van der Waals surface area contributed by atoms with Gasteiger partial charge >= 0.3 is 0 Å². The lowest BCUT2D eigenvalue weighted by Gasteiger charge is -2.39. The molecule has 2 saturated heterocycles. The first kappa shape index (κ1) is 14.3. The fourth-order valence-corrected chi connectivity index (χ4v) is 2.96. The van der Waals surface area contributed by atoms with Crippen molar-refractivity contribution in [2.45, 2.75) is 45.1 Å². The lowest BCUT2D eigenvalue weighted by molar-refractivity contribution is -0.144. The number of amides is 2. The SMILES string of the molecule is CC1CCC(CO)CN1C(=O)CN1CCCCC1=O. The topological polar surface area (TPSA) is 60.9 Å². The van der Waals surface area contributed by atoms with Crippen LogP contribution in [0.2, 0.25) is 0 Å². The zero-order valence-corrected chi connectivity index (χ0v) is 11.7. The fraction of sp³-hybridized carbons (Fsp3) is 0.857. The van der Waals surface area contributed by atoms with Crippen LogP contribution in [-0.2, 0) is 9.59 Å². The van der Waals surface area contributed by atoms with E-state index in [2.05, 4.69) is 0 Å². The van der Waals surface area contributed by atoms with Crippen molar-refractivity contribution in [2.24, 2.45) is 5.92 Å². The van der Waals surface area contributed by atoms with Crippen LogP contribution in [0.15, 0.2) is 0 Å². The van der Waals surface area contributed by atoms with E-state index in [0.717, 1.165) is 25.7 Å². The number of likely N-dealkylation sites (tertiary alicyclic amines) is 2. The average molecular weight is 268 g/mol. The fourth-order valence-electron chi connectivity index (χ4n) is 2.96. The Morgan fingerprint density at radius 1 is 1.37 bits per heavy atom. The van der Waals surface area contributed by atoms with Gasteiger partial charge in [0, 0.05) is 32.2 Å². The molecule has 0 spiro atoms. The first-order valence-corrected chi connectivity index (χ1v) is 7.30. The van der Waals surface area contributed by atoms with Gasteiger partial charge < -0.3 is 14.9 Å². The van der Waals surface area contributed by atoms with Crippen molar-refractivity contribution in [2.75, 3.05) is 26.2 Å². The van der Waals surface area contributed by atoms with Crippen LogP contribution in [0.4, 0.5) is 0 Å². The number of rotatable bonds is 3. The summed E-state index contributed by atoms with van der Waals surface area (Å²) in [6.07, 6.45) is 4.42. The van der Waals surface area contributed by atoms with Crippen molar-refractivity contribution in [3.05, 3.63) is 0 Å². The number of carbonyl (C=O) groups excluding carboxylic acids is 2. The first-order valence-electron chi connectivity index (χ1n) is 7.30. The summed E-state index contributed by atoms with van der Waals surface area (Å²) < 4.78 is 0. The van der Waals surface area contributed by atoms with Gasteiger partial charge in [-0.25, -0.2) is 0 Å². The predicted octanol–water partition coefficient (Wildman–Crippen LogP) is 0.618. The standard InChI is InChI=1S/C14H24N2O3/c1-11-5-6-12(10-17)8-16(11)14(19)9-15-7-3-2-4-13(15)18/h11-12,17H,2-10H2,1H3. The van der Waals surface area contributed by atoms with E-state index < -0.39 is 0 Å². The Bertz CT molecular complexity index is 346. The minimum Gasteiger partial charge on any atom is -0.396 e. The maximum absolute atomic E-state index is 12.3. The van der Waals surface area contributed by atoms with Gasteiger partial charge in [-0.2, -0.15) is 0 Å².